The molecule has 0 spiro atoms. The maximum Gasteiger partial charge on any atom is 0.336 e. The second-order valence-corrected chi connectivity index (χ2v) is 9.24. The molecule has 0 bridgehead atoms. The van der Waals surface area contributed by atoms with E-state index in [4.69, 9.17) is 0 Å². The molecule has 172 valence electrons. The minimum atomic E-state index is -0.989. The minimum Gasteiger partial charge on any atom is -0.478 e. The Morgan fingerprint density at radius 2 is 1.72 bits per heavy atom. The molecule has 0 heterocycles. The van der Waals surface area contributed by atoms with Crippen molar-refractivity contribution in [2.45, 2.75) is 84.0 Å². The van der Waals surface area contributed by atoms with Crippen molar-refractivity contribution in [3.63, 3.8) is 0 Å². The van der Waals surface area contributed by atoms with E-state index in [0.29, 0.717) is 23.5 Å². The van der Waals surface area contributed by atoms with E-state index in [-0.39, 0.29) is 11.4 Å². The molecule has 0 radical (unpaired) electrons. The van der Waals surface area contributed by atoms with Gasteiger partial charge in [-0.1, -0.05) is 69.9 Å². The molecule has 0 saturated heterocycles. The number of rotatable bonds is 10. The number of benzene rings is 2. The molecule has 2 nitrogen and oxygen atoms in total. The fourth-order valence-corrected chi connectivity index (χ4v) is 4.99. The fraction of sp³-hybridized carbons (Fsp3) is 0.483. The Bertz CT molecular complexity index is 905. The first-order valence-corrected chi connectivity index (χ1v) is 12.4. The Kier molecular flexibility index (Phi) is 9.08. The Balaban J connectivity index is 1.79. The number of carbonyl (C=O) groups is 1. The summed E-state index contributed by atoms with van der Waals surface area (Å²) in [5, 5.41) is 9.68. The van der Waals surface area contributed by atoms with Crippen molar-refractivity contribution in [2.75, 3.05) is 0 Å². The van der Waals surface area contributed by atoms with E-state index in [1.54, 1.807) is 18.2 Å². The Labute approximate surface area is 192 Å². The average Bonchev–Trinajstić information content (AvgIpc) is 2.82. The van der Waals surface area contributed by atoms with Crippen molar-refractivity contribution in [3.05, 3.63) is 65.2 Å². The Hall–Kier alpha value is -2.42. The van der Waals surface area contributed by atoms with Gasteiger partial charge in [-0.15, -0.1) is 0 Å². The number of carboxylic acid groups (broad SMARTS) is 1. The summed E-state index contributed by atoms with van der Waals surface area (Å²) in [7, 11) is 0. The van der Waals surface area contributed by atoms with Gasteiger partial charge >= 0.3 is 5.97 Å². The molecule has 3 rings (SSSR count). The lowest BCUT2D eigenvalue weighted by Gasteiger charge is -2.28. The lowest BCUT2D eigenvalue weighted by atomic mass is 9.77. The molecule has 1 saturated carbocycles. The van der Waals surface area contributed by atoms with Crippen molar-refractivity contribution in [1.29, 1.82) is 0 Å². The fourth-order valence-electron chi connectivity index (χ4n) is 4.99. The van der Waals surface area contributed by atoms with Gasteiger partial charge in [0.05, 0.1) is 5.56 Å². The maximum atomic E-state index is 14.7. The van der Waals surface area contributed by atoms with Gasteiger partial charge in [-0.05, 0) is 85.3 Å². The lowest BCUT2D eigenvalue weighted by Crippen LogP contribution is -2.13. The van der Waals surface area contributed by atoms with Gasteiger partial charge in [0, 0.05) is 5.56 Å². The van der Waals surface area contributed by atoms with Crippen molar-refractivity contribution < 1.29 is 14.3 Å². The Morgan fingerprint density at radius 1 is 1.00 bits per heavy atom. The van der Waals surface area contributed by atoms with E-state index in [0.717, 1.165) is 30.7 Å². The molecule has 1 N–H and O–H groups in total. The first-order valence-electron chi connectivity index (χ1n) is 12.4. The summed E-state index contributed by atoms with van der Waals surface area (Å²) in [6, 6.07) is 13.0. The van der Waals surface area contributed by atoms with Crippen LogP contribution in [0.25, 0.3) is 17.0 Å². The zero-order chi connectivity index (χ0) is 22.9. The number of halogens is 1. The van der Waals surface area contributed by atoms with Crippen LogP contribution in [0, 0.1) is 5.92 Å². The number of hydrogen-bond donors (Lipinski definition) is 1. The van der Waals surface area contributed by atoms with Crippen molar-refractivity contribution >= 4 is 11.8 Å². The highest BCUT2D eigenvalue weighted by atomic mass is 19.1. The number of allylic oxidation sites excluding steroid dienone is 1. The third-order valence-corrected chi connectivity index (χ3v) is 6.89. The molecule has 3 heteroatoms. The SMILES string of the molecule is CCCCC/C=C(/F)c1ccc(C(=O)O)c(-c2ccc(C3CCC(CCC)CC3)cc2)c1. The quantitative estimate of drug-likeness (QED) is 0.377. The van der Waals surface area contributed by atoms with Gasteiger partial charge in [-0.2, -0.15) is 0 Å². The average molecular weight is 437 g/mol. The van der Waals surface area contributed by atoms with Crippen LogP contribution >= 0.6 is 0 Å². The highest BCUT2D eigenvalue weighted by molar-refractivity contribution is 5.96. The zero-order valence-electron chi connectivity index (χ0n) is 19.6. The summed E-state index contributed by atoms with van der Waals surface area (Å²) in [5.41, 5.74) is 3.38. The van der Waals surface area contributed by atoms with Gasteiger partial charge in [0.1, 0.15) is 5.83 Å². The molecule has 0 unspecified atom stereocenters. The molecule has 1 aliphatic rings. The van der Waals surface area contributed by atoms with Crippen LogP contribution in [-0.4, -0.2) is 11.1 Å². The molecule has 0 atom stereocenters. The number of aromatic carboxylic acids is 1. The second-order valence-electron chi connectivity index (χ2n) is 9.24. The predicted octanol–water partition coefficient (Wildman–Crippen LogP) is 9.02. The first-order chi connectivity index (χ1) is 15.5. The summed E-state index contributed by atoms with van der Waals surface area (Å²) in [6.07, 6.45) is 13.1. The summed E-state index contributed by atoms with van der Waals surface area (Å²) in [6.45, 7) is 4.39. The van der Waals surface area contributed by atoms with E-state index in [9.17, 15) is 14.3 Å². The largest absolute Gasteiger partial charge is 0.478 e. The van der Waals surface area contributed by atoms with Crippen LogP contribution < -0.4 is 0 Å². The molecular formula is C29H37FO2. The first kappa shape index (κ1) is 24.2. The van der Waals surface area contributed by atoms with E-state index >= 15 is 0 Å². The standard InChI is InChI=1S/C29H37FO2/c1-3-5-6-7-9-28(30)25-18-19-26(29(31)32)27(20-25)24-16-14-23(15-17-24)22-12-10-21(8-4-2)11-13-22/h9,14-22H,3-8,10-13H2,1-2H3,(H,31,32)/b28-9+. The topological polar surface area (TPSA) is 37.3 Å². The summed E-state index contributed by atoms with van der Waals surface area (Å²) in [5.74, 6) is 0.198. The number of hydrogen-bond acceptors (Lipinski definition) is 1. The van der Waals surface area contributed by atoms with E-state index in [1.807, 2.05) is 12.1 Å². The van der Waals surface area contributed by atoms with Gasteiger partial charge in [0.2, 0.25) is 0 Å². The molecule has 32 heavy (non-hydrogen) atoms. The van der Waals surface area contributed by atoms with Crippen LogP contribution in [0.5, 0.6) is 0 Å². The normalized spacial score (nSPS) is 19.2. The van der Waals surface area contributed by atoms with Crippen LogP contribution in [0.15, 0.2) is 48.5 Å². The van der Waals surface area contributed by atoms with Crippen LogP contribution in [0.3, 0.4) is 0 Å². The lowest BCUT2D eigenvalue weighted by molar-refractivity contribution is 0.0697. The second kappa shape index (κ2) is 12.0. The van der Waals surface area contributed by atoms with Crippen LogP contribution in [0.4, 0.5) is 4.39 Å². The summed E-state index contributed by atoms with van der Waals surface area (Å²) in [4.78, 5) is 11.8. The van der Waals surface area contributed by atoms with Gasteiger partial charge in [-0.3, -0.25) is 0 Å². The van der Waals surface area contributed by atoms with Crippen LogP contribution in [-0.2, 0) is 0 Å². The van der Waals surface area contributed by atoms with Gasteiger partial charge in [0.15, 0.2) is 0 Å². The van der Waals surface area contributed by atoms with Crippen molar-refractivity contribution in [3.8, 4) is 11.1 Å². The summed E-state index contributed by atoms with van der Waals surface area (Å²) < 4.78 is 14.7. The molecule has 1 fully saturated rings. The van der Waals surface area contributed by atoms with Gasteiger partial charge in [-0.25, -0.2) is 9.18 Å². The minimum absolute atomic E-state index is 0.209. The van der Waals surface area contributed by atoms with Gasteiger partial charge < -0.3 is 5.11 Å². The summed E-state index contributed by atoms with van der Waals surface area (Å²) >= 11 is 0. The van der Waals surface area contributed by atoms with E-state index in [2.05, 4.69) is 26.0 Å². The predicted molar refractivity (Wildman–Crippen MR) is 132 cm³/mol. The molecule has 0 amide bonds. The zero-order valence-corrected chi connectivity index (χ0v) is 19.6. The third-order valence-electron chi connectivity index (χ3n) is 6.89. The number of carboxylic acids is 1. The maximum absolute atomic E-state index is 14.7. The highest BCUT2D eigenvalue weighted by Gasteiger charge is 2.22. The highest BCUT2D eigenvalue weighted by Crippen LogP contribution is 2.38. The molecular weight excluding hydrogens is 399 g/mol. The van der Waals surface area contributed by atoms with Gasteiger partial charge in [0.25, 0.3) is 0 Å². The third kappa shape index (κ3) is 6.31. The molecule has 2 aromatic carbocycles. The van der Waals surface area contributed by atoms with Crippen LogP contribution in [0.2, 0.25) is 0 Å². The van der Waals surface area contributed by atoms with Crippen molar-refractivity contribution in [2.24, 2.45) is 5.92 Å². The molecule has 2 aromatic rings. The van der Waals surface area contributed by atoms with E-state index < -0.39 is 5.97 Å². The number of unbranched alkanes of at least 4 members (excludes halogenated alkanes) is 3. The smallest absolute Gasteiger partial charge is 0.336 e. The monoisotopic (exact) mass is 436 g/mol. The van der Waals surface area contributed by atoms with Crippen LogP contribution in [0.1, 0.15) is 105 Å². The molecule has 0 aliphatic heterocycles. The Morgan fingerprint density at radius 3 is 2.34 bits per heavy atom. The molecule has 1 aliphatic carbocycles. The molecule has 0 aromatic heterocycles. The van der Waals surface area contributed by atoms with Crippen molar-refractivity contribution in [1.82, 2.24) is 0 Å². The van der Waals surface area contributed by atoms with E-state index in [1.165, 1.54) is 50.2 Å².